The zero-order valence-corrected chi connectivity index (χ0v) is 18.0. The molecule has 2 N–H and O–H groups in total. The Morgan fingerprint density at radius 1 is 1.10 bits per heavy atom. The molecular formula is C20H20N6O2S2. The monoisotopic (exact) mass is 440 g/mol. The van der Waals surface area contributed by atoms with E-state index in [1.165, 1.54) is 23.9 Å². The molecule has 0 saturated carbocycles. The summed E-state index contributed by atoms with van der Waals surface area (Å²) < 4.78 is 29.4. The number of thiazole rings is 1. The van der Waals surface area contributed by atoms with Crippen LogP contribution < -0.4 is 10.0 Å². The summed E-state index contributed by atoms with van der Waals surface area (Å²) in [7, 11) is -3.75. The van der Waals surface area contributed by atoms with Crippen LogP contribution in [0.3, 0.4) is 0 Å². The number of nitrogens with one attached hydrogen (secondary N) is 2. The van der Waals surface area contributed by atoms with E-state index in [0.717, 1.165) is 22.1 Å². The van der Waals surface area contributed by atoms with Crippen LogP contribution in [-0.4, -0.2) is 27.9 Å². The van der Waals surface area contributed by atoms with E-state index in [-0.39, 0.29) is 11.1 Å². The zero-order valence-electron chi connectivity index (χ0n) is 16.4. The minimum Gasteiger partial charge on any atom is -0.334 e. The van der Waals surface area contributed by atoms with E-state index in [4.69, 9.17) is 0 Å². The van der Waals surface area contributed by atoms with Gasteiger partial charge in [0, 0.05) is 35.1 Å². The van der Waals surface area contributed by atoms with Crippen LogP contribution in [-0.2, 0) is 10.0 Å². The van der Waals surface area contributed by atoms with Crippen LogP contribution in [0.5, 0.6) is 0 Å². The van der Waals surface area contributed by atoms with Gasteiger partial charge in [0.1, 0.15) is 0 Å². The Morgan fingerprint density at radius 2 is 1.90 bits per heavy atom. The molecule has 0 amide bonds. The molecule has 0 atom stereocenters. The maximum atomic E-state index is 12.6. The lowest BCUT2D eigenvalue weighted by molar-refractivity contribution is 0.591. The van der Waals surface area contributed by atoms with E-state index in [9.17, 15) is 8.42 Å². The van der Waals surface area contributed by atoms with E-state index >= 15 is 0 Å². The van der Waals surface area contributed by atoms with Crippen molar-refractivity contribution in [3.05, 3.63) is 66.7 Å². The maximum Gasteiger partial charge on any atom is 0.280 e. The van der Waals surface area contributed by atoms with Crippen molar-refractivity contribution in [2.75, 3.05) is 10.0 Å². The van der Waals surface area contributed by atoms with Gasteiger partial charge in [-0.15, -0.1) is 11.3 Å². The average Bonchev–Trinajstić information content (AvgIpc) is 3.39. The molecule has 4 rings (SSSR count). The minimum atomic E-state index is -3.75. The molecule has 3 heterocycles. The van der Waals surface area contributed by atoms with E-state index in [1.54, 1.807) is 29.1 Å². The highest BCUT2D eigenvalue weighted by molar-refractivity contribution is 7.92. The molecule has 0 unspecified atom stereocenters. The first kappa shape index (κ1) is 20.0. The van der Waals surface area contributed by atoms with Crippen LogP contribution in [0.4, 0.5) is 16.5 Å². The molecule has 0 fully saturated rings. The third-order valence-electron chi connectivity index (χ3n) is 4.30. The van der Waals surface area contributed by atoms with Gasteiger partial charge in [0.15, 0.2) is 10.2 Å². The third-order valence-corrected chi connectivity index (χ3v) is 6.32. The van der Waals surface area contributed by atoms with E-state index in [0.29, 0.717) is 5.69 Å². The molecule has 154 valence electrons. The molecule has 1 aromatic carbocycles. The number of aromatic nitrogens is 4. The smallest absolute Gasteiger partial charge is 0.280 e. The van der Waals surface area contributed by atoms with E-state index in [2.05, 4.69) is 25.0 Å². The van der Waals surface area contributed by atoms with Gasteiger partial charge in [-0.3, -0.25) is 9.71 Å². The summed E-state index contributed by atoms with van der Waals surface area (Å²) in [5.74, 6) is 0. The van der Waals surface area contributed by atoms with Crippen LogP contribution in [0, 0.1) is 0 Å². The van der Waals surface area contributed by atoms with Crippen molar-refractivity contribution in [1.82, 2.24) is 19.5 Å². The van der Waals surface area contributed by atoms with Crippen LogP contribution in [0.2, 0.25) is 0 Å². The Kier molecular flexibility index (Phi) is 5.51. The second kappa shape index (κ2) is 8.25. The Labute approximate surface area is 178 Å². The Bertz CT molecular complexity index is 1230. The summed E-state index contributed by atoms with van der Waals surface area (Å²) in [6.07, 6.45) is 6.48. The second-order valence-electron chi connectivity index (χ2n) is 6.84. The summed E-state index contributed by atoms with van der Waals surface area (Å²) in [5, 5.41) is 5.89. The third kappa shape index (κ3) is 4.50. The predicted octanol–water partition coefficient (Wildman–Crippen LogP) is 4.53. The van der Waals surface area contributed by atoms with Crippen LogP contribution in [0.15, 0.2) is 71.7 Å². The summed E-state index contributed by atoms with van der Waals surface area (Å²) in [6, 6.07) is 11.0. The fraction of sp³-hybridized carbons (Fsp3) is 0.150. The van der Waals surface area contributed by atoms with Crippen molar-refractivity contribution >= 4 is 37.9 Å². The van der Waals surface area contributed by atoms with Gasteiger partial charge >= 0.3 is 0 Å². The minimum absolute atomic E-state index is 0.00843. The molecule has 10 heteroatoms. The number of sulfonamides is 1. The van der Waals surface area contributed by atoms with Crippen LogP contribution >= 0.6 is 11.3 Å². The topological polar surface area (TPSA) is 102 Å². The first-order valence-corrected chi connectivity index (χ1v) is 11.6. The zero-order chi connectivity index (χ0) is 21.1. The number of pyridine rings is 1. The first-order valence-electron chi connectivity index (χ1n) is 9.20. The predicted molar refractivity (Wildman–Crippen MR) is 118 cm³/mol. The normalized spacial score (nSPS) is 11.6. The Hall–Kier alpha value is -3.24. The number of hydrogen-bond donors (Lipinski definition) is 2. The lowest BCUT2D eigenvalue weighted by Crippen LogP contribution is -2.13. The fourth-order valence-corrected chi connectivity index (χ4v) is 4.42. The average molecular weight is 441 g/mol. The highest BCUT2D eigenvalue weighted by Crippen LogP contribution is 2.28. The quantitative estimate of drug-likeness (QED) is 0.438. The highest BCUT2D eigenvalue weighted by atomic mass is 32.2. The highest BCUT2D eigenvalue weighted by Gasteiger charge is 2.18. The lowest BCUT2D eigenvalue weighted by atomic mass is 10.1. The summed E-state index contributed by atoms with van der Waals surface area (Å²) >= 11 is 1.48. The van der Waals surface area contributed by atoms with Gasteiger partial charge in [0.25, 0.3) is 10.0 Å². The maximum absolute atomic E-state index is 12.6. The Balaban J connectivity index is 1.46. The van der Waals surface area contributed by atoms with E-state index < -0.39 is 10.0 Å². The lowest BCUT2D eigenvalue weighted by Gasteiger charge is -2.07. The van der Waals surface area contributed by atoms with Crippen LogP contribution in [0.25, 0.3) is 11.3 Å². The second-order valence-corrected chi connectivity index (χ2v) is 9.33. The molecule has 8 nitrogen and oxygen atoms in total. The number of anilines is 3. The van der Waals surface area contributed by atoms with Gasteiger partial charge in [0.05, 0.1) is 23.9 Å². The van der Waals surface area contributed by atoms with E-state index in [1.807, 2.05) is 43.5 Å². The molecule has 0 spiro atoms. The number of benzene rings is 1. The fourth-order valence-electron chi connectivity index (χ4n) is 2.68. The SMILES string of the molecule is CC(C)n1cnc(S(=O)(=O)Nc2ccc(-c3csc(Nc4cccnc4)n3)cc2)c1. The molecule has 0 aliphatic heterocycles. The summed E-state index contributed by atoms with van der Waals surface area (Å²) in [5.41, 5.74) is 3.01. The van der Waals surface area contributed by atoms with Gasteiger partial charge in [-0.05, 0) is 38.1 Å². The van der Waals surface area contributed by atoms with Crippen molar-refractivity contribution < 1.29 is 8.42 Å². The van der Waals surface area contributed by atoms with Crippen molar-refractivity contribution in [3.8, 4) is 11.3 Å². The summed E-state index contributed by atoms with van der Waals surface area (Å²) in [4.78, 5) is 12.6. The summed E-state index contributed by atoms with van der Waals surface area (Å²) in [6.45, 7) is 3.92. The van der Waals surface area contributed by atoms with Crippen LogP contribution in [0.1, 0.15) is 19.9 Å². The number of rotatable bonds is 7. The molecule has 0 bridgehead atoms. The standard InChI is InChI=1S/C20H20N6O2S2/c1-14(2)26-11-19(22-13-26)30(27,28)25-16-7-5-15(6-8-16)18-12-29-20(24-18)23-17-4-3-9-21-10-17/h3-14,25H,1-2H3,(H,23,24). The molecule has 3 aromatic heterocycles. The number of hydrogen-bond acceptors (Lipinski definition) is 7. The molecule has 0 saturated heterocycles. The largest absolute Gasteiger partial charge is 0.334 e. The van der Waals surface area contributed by atoms with Gasteiger partial charge in [0.2, 0.25) is 0 Å². The molecule has 4 aromatic rings. The van der Waals surface area contributed by atoms with Crippen molar-refractivity contribution in [3.63, 3.8) is 0 Å². The molecule has 0 aliphatic rings. The van der Waals surface area contributed by atoms with Gasteiger partial charge < -0.3 is 9.88 Å². The van der Waals surface area contributed by atoms with Gasteiger partial charge in [-0.25, -0.2) is 9.97 Å². The molecule has 30 heavy (non-hydrogen) atoms. The number of imidazole rings is 1. The van der Waals surface area contributed by atoms with Crippen molar-refractivity contribution in [1.29, 1.82) is 0 Å². The number of nitrogens with zero attached hydrogens (tertiary/aromatic N) is 4. The Morgan fingerprint density at radius 3 is 2.57 bits per heavy atom. The van der Waals surface area contributed by atoms with Crippen molar-refractivity contribution in [2.24, 2.45) is 0 Å². The van der Waals surface area contributed by atoms with Gasteiger partial charge in [-0.1, -0.05) is 12.1 Å². The van der Waals surface area contributed by atoms with Crippen molar-refractivity contribution in [2.45, 2.75) is 24.9 Å². The molecule has 0 radical (unpaired) electrons. The molecular weight excluding hydrogens is 420 g/mol. The van der Waals surface area contributed by atoms with Gasteiger partial charge in [-0.2, -0.15) is 8.42 Å². The first-order chi connectivity index (χ1) is 14.4. The molecule has 0 aliphatic carbocycles.